The van der Waals surface area contributed by atoms with Crippen molar-refractivity contribution in [2.75, 3.05) is 23.4 Å². The van der Waals surface area contributed by atoms with Gasteiger partial charge in [-0.2, -0.15) is 0 Å². The van der Waals surface area contributed by atoms with Gasteiger partial charge in [-0.05, 0) is 63.2 Å². The van der Waals surface area contributed by atoms with Gasteiger partial charge in [0.05, 0.1) is 12.3 Å². The molecule has 0 spiro atoms. The monoisotopic (exact) mass is 395 g/mol. The van der Waals surface area contributed by atoms with Crippen molar-refractivity contribution in [3.8, 4) is 0 Å². The summed E-state index contributed by atoms with van der Waals surface area (Å²) in [7, 11) is 0. The zero-order valence-corrected chi connectivity index (χ0v) is 16.7. The third kappa shape index (κ3) is 6.30. The molecule has 0 fully saturated rings. The topological polar surface area (TPSA) is 77.2 Å². The number of ether oxygens (including phenoxy) is 1. The van der Waals surface area contributed by atoms with Crippen LogP contribution in [0.25, 0.3) is 0 Å². The Kier molecular flexibility index (Phi) is 7.67. The van der Waals surface area contributed by atoms with E-state index in [9.17, 15) is 4.79 Å². The maximum Gasteiger partial charge on any atom is 0.257 e. The molecule has 0 saturated carbocycles. The average Bonchev–Trinajstić information content (AvgIpc) is 2.92. The van der Waals surface area contributed by atoms with Crippen molar-refractivity contribution in [1.29, 1.82) is 0 Å². The summed E-state index contributed by atoms with van der Waals surface area (Å²) in [5, 5.41) is 3.46. The number of thiocarbonyl (C=S) groups is 1. The molecule has 0 atom stereocenters. The van der Waals surface area contributed by atoms with Crippen molar-refractivity contribution in [2.24, 2.45) is 0 Å². The van der Waals surface area contributed by atoms with Crippen molar-refractivity contribution >= 4 is 56.4 Å². The van der Waals surface area contributed by atoms with Gasteiger partial charge >= 0.3 is 0 Å². The van der Waals surface area contributed by atoms with Crippen LogP contribution in [-0.2, 0) is 11.2 Å². The molecule has 3 N–H and O–H groups in total. The number of benzene rings is 1. The number of nitrogens with two attached hydrogens (primary N) is 1. The van der Waals surface area contributed by atoms with Crippen LogP contribution >= 0.6 is 35.3 Å². The number of nitrogens with zero attached hydrogens (tertiary/aromatic N) is 1. The summed E-state index contributed by atoms with van der Waals surface area (Å²) in [6.45, 7) is 4.49. The predicted octanol–water partition coefficient (Wildman–Crippen LogP) is 4.27. The van der Waals surface area contributed by atoms with Crippen LogP contribution in [-0.4, -0.2) is 27.6 Å². The summed E-state index contributed by atoms with van der Waals surface area (Å²) in [4.78, 5) is 17.8. The van der Waals surface area contributed by atoms with Crippen LogP contribution in [0.15, 0.2) is 24.3 Å². The predicted molar refractivity (Wildman–Crippen MR) is 111 cm³/mol. The van der Waals surface area contributed by atoms with E-state index in [2.05, 4.69) is 10.3 Å². The number of aromatic nitrogens is 1. The molecule has 1 heterocycles. The molecule has 2 aromatic rings. The highest BCUT2D eigenvalue weighted by Crippen LogP contribution is 2.25. The van der Waals surface area contributed by atoms with Gasteiger partial charge in [0.15, 0.2) is 5.13 Å². The Labute approximate surface area is 161 Å². The van der Waals surface area contributed by atoms with Gasteiger partial charge in [-0.3, -0.25) is 10.1 Å². The summed E-state index contributed by atoms with van der Waals surface area (Å²) in [5.74, 6) is 0.724. The van der Waals surface area contributed by atoms with Gasteiger partial charge in [-0.1, -0.05) is 11.8 Å². The lowest BCUT2D eigenvalue weighted by Gasteiger charge is -2.03. The number of rotatable bonds is 7. The SMILES string of the molecule is CCOC(=S)SCCCc1sc(NC(=O)c2ccc(N)cc2)nc1C. The third-order valence-electron chi connectivity index (χ3n) is 3.32. The van der Waals surface area contributed by atoms with E-state index < -0.39 is 0 Å². The molecule has 1 amide bonds. The van der Waals surface area contributed by atoms with Gasteiger partial charge in [-0.15, -0.1) is 11.3 Å². The molecule has 0 aliphatic heterocycles. The zero-order valence-electron chi connectivity index (χ0n) is 14.2. The largest absolute Gasteiger partial charge is 0.479 e. The number of amides is 1. The molecule has 0 radical (unpaired) electrons. The molecular formula is C17H21N3O2S3. The maximum atomic E-state index is 12.2. The lowest BCUT2D eigenvalue weighted by atomic mass is 10.2. The molecule has 1 aromatic heterocycles. The standard InChI is InChI=1S/C17H21N3O2S3/c1-3-22-17(23)24-10-4-5-14-11(2)19-16(25-14)20-15(21)12-6-8-13(18)9-7-12/h6-9H,3-5,10,18H2,1-2H3,(H,19,20,21). The zero-order chi connectivity index (χ0) is 18.2. The summed E-state index contributed by atoms with van der Waals surface area (Å²) in [6.07, 6.45) is 1.88. The first-order valence-corrected chi connectivity index (χ1v) is 10.1. The Hall–Kier alpha value is -1.64. The van der Waals surface area contributed by atoms with E-state index in [1.165, 1.54) is 16.2 Å². The van der Waals surface area contributed by atoms with E-state index in [0.717, 1.165) is 24.3 Å². The van der Waals surface area contributed by atoms with Crippen LogP contribution in [0.1, 0.15) is 34.3 Å². The number of anilines is 2. The fourth-order valence-corrected chi connectivity index (χ4v) is 4.09. The molecular weight excluding hydrogens is 374 g/mol. The number of nitrogens with one attached hydrogen (secondary N) is 1. The number of aryl methyl sites for hydroxylation is 2. The third-order valence-corrected chi connectivity index (χ3v) is 5.77. The van der Waals surface area contributed by atoms with E-state index in [-0.39, 0.29) is 5.91 Å². The van der Waals surface area contributed by atoms with Crippen LogP contribution in [0.5, 0.6) is 0 Å². The molecule has 0 saturated heterocycles. The summed E-state index contributed by atoms with van der Waals surface area (Å²) in [5.41, 5.74) is 7.78. The molecule has 0 bridgehead atoms. The molecule has 1 aromatic carbocycles. The fourth-order valence-electron chi connectivity index (χ4n) is 2.06. The highest BCUT2D eigenvalue weighted by atomic mass is 32.2. The van der Waals surface area contributed by atoms with E-state index >= 15 is 0 Å². The number of carbonyl (C=O) groups is 1. The second kappa shape index (κ2) is 9.74. The van der Waals surface area contributed by atoms with Gasteiger partial charge in [0.1, 0.15) is 0 Å². The van der Waals surface area contributed by atoms with Crippen LogP contribution in [0.2, 0.25) is 0 Å². The van der Waals surface area contributed by atoms with E-state index in [1.54, 1.807) is 36.0 Å². The van der Waals surface area contributed by atoms with Gasteiger partial charge < -0.3 is 10.5 Å². The quantitative estimate of drug-likeness (QED) is 0.414. The van der Waals surface area contributed by atoms with Gasteiger partial charge in [0.25, 0.3) is 5.91 Å². The number of hydrogen-bond acceptors (Lipinski definition) is 7. The molecule has 25 heavy (non-hydrogen) atoms. The number of thioether (sulfide) groups is 1. The minimum atomic E-state index is -0.182. The van der Waals surface area contributed by atoms with E-state index in [1.807, 2.05) is 13.8 Å². The van der Waals surface area contributed by atoms with Crippen molar-refractivity contribution in [3.05, 3.63) is 40.4 Å². The summed E-state index contributed by atoms with van der Waals surface area (Å²) in [6, 6.07) is 6.81. The Morgan fingerprint density at radius 1 is 1.40 bits per heavy atom. The minimum absolute atomic E-state index is 0.182. The smallest absolute Gasteiger partial charge is 0.257 e. The van der Waals surface area contributed by atoms with Gasteiger partial charge in [0.2, 0.25) is 4.38 Å². The Morgan fingerprint density at radius 2 is 2.12 bits per heavy atom. The number of thiazole rings is 1. The fraction of sp³-hybridized carbons (Fsp3) is 0.353. The van der Waals surface area contributed by atoms with E-state index in [0.29, 0.717) is 27.4 Å². The Bertz CT molecular complexity index is 729. The van der Waals surface area contributed by atoms with Gasteiger partial charge in [-0.25, -0.2) is 4.98 Å². The number of carbonyl (C=O) groups excluding carboxylic acids is 1. The van der Waals surface area contributed by atoms with Crippen LogP contribution < -0.4 is 11.1 Å². The first-order valence-electron chi connectivity index (χ1n) is 7.92. The second-order valence-corrected chi connectivity index (χ2v) is 8.02. The Balaban J connectivity index is 1.85. The first-order chi connectivity index (χ1) is 12.0. The highest BCUT2D eigenvalue weighted by molar-refractivity contribution is 8.22. The van der Waals surface area contributed by atoms with Crippen LogP contribution in [0.3, 0.4) is 0 Å². The van der Waals surface area contributed by atoms with Crippen LogP contribution in [0, 0.1) is 6.92 Å². The minimum Gasteiger partial charge on any atom is -0.479 e. The summed E-state index contributed by atoms with van der Waals surface area (Å²) >= 11 is 8.16. The molecule has 0 aliphatic rings. The molecule has 2 rings (SSSR count). The Morgan fingerprint density at radius 3 is 2.80 bits per heavy atom. The summed E-state index contributed by atoms with van der Waals surface area (Å²) < 4.78 is 5.84. The van der Waals surface area contributed by atoms with Crippen molar-refractivity contribution in [2.45, 2.75) is 26.7 Å². The average molecular weight is 396 g/mol. The van der Waals surface area contributed by atoms with Crippen LogP contribution in [0.4, 0.5) is 10.8 Å². The highest BCUT2D eigenvalue weighted by Gasteiger charge is 2.12. The number of hydrogen-bond donors (Lipinski definition) is 2. The normalized spacial score (nSPS) is 10.5. The molecule has 134 valence electrons. The van der Waals surface area contributed by atoms with E-state index in [4.69, 9.17) is 22.7 Å². The number of nitrogen functional groups attached to an aromatic ring is 1. The maximum absolute atomic E-state index is 12.2. The lowest BCUT2D eigenvalue weighted by Crippen LogP contribution is -2.11. The van der Waals surface area contributed by atoms with Crippen molar-refractivity contribution < 1.29 is 9.53 Å². The molecule has 0 unspecified atom stereocenters. The van der Waals surface area contributed by atoms with Crippen molar-refractivity contribution in [1.82, 2.24) is 4.98 Å². The lowest BCUT2D eigenvalue weighted by molar-refractivity contribution is 0.102. The second-order valence-electron chi connectivity index (χ2n) is 5.24. The first kappa shape index (κ1) is 19.7. The van der Waals surface area contributed by atoms with Crippen molar-refractivity contribution in [3.63, 3.8) is 0 Å². The molecule has 0 aliphatic carbocycles. The van der Waals surface area contributed by atoms with Gasteiger partial charge in [0, 0.05) is 21.9 Å². The molecule has 5 nitrogen and oxygen atoms in total. The molecule has 8 heteroatoms.